The molecule has 2 aromatic rings. The third kappa shape index (κ3) is 2.69. The highest BCUT2D eigenvalue weighted by Crippen LogP contribution is 2.31. The normalized spacial score (nSPS) is 10.4. The average molecular weight is 248 g/mol. The summed E-state index contributed by atoms with van der Waals surface area (Å²) in [6.07, 6.45) is 1.63. The number of nitrogens with zero attached hydrogens (tertiary/aromatic N) is 2. The first-order chi connectivity index (χ1) is 8.60. The van der Waals surface area contributed by atoms with Crippen LogP contribution >= 0.6 is 0 Å². The predicted molar refractivity (Wildman–Crippen MR) is 66.3 cm³/mol. The lowest BCUT2D eigenvalue weighted by Crippen LogP contribution is -2.21. The van der Waals surface area contributed by atoms with Crippen LogP contribution in [0.25, 0.3) is 11.0 Å². The van der Waals surface area contributed by atoms with Gasteiger partial charge in [0.25, 0.3) is 0 Å². The zero-order valence-electron chi connectivity index (χ0n) is 10.1. The van der Waals surface area contributed by atoms with Crippen molar-refractivity contribution in [1.82, 2.24) is 9.97 Å². The monoisotopic (exact) mass is 248 g/mol. The van der Waals surface area contributed by atoms with Gasteiger partial charge in [0.15, 0.2) is 5.75 Å². The number of rotatable bonds is 4. The van der Waals surface area contributed by atoms with E-state index < -0.39 is 7.32 Å². The molecule has 0 amide bonds. The smallest absolute Gasteiger partial charge is 0.509 e. The summed E-state index contributed by atoms with van der Waals surface area (Å²) in [7, 11) is -1.90. The summed E-state index contributed by atoms with van der Waals surface area (Å²) in [5.41, 5.74) is 2.05. The van der Waals surface area contributed by atoms with Crippen LogP contribution in [0.2, 0.25) is 0 Å². The number of benzene rings is 1. The van der Waals surface area contributed by atoms with Crippen LogP contribution in [0.5, 0.6) is 11.5 Å². The van der Waals surface area contributed by atoms with Gasteiger partial charge in [0.1, 0.15) is 5.75 Å². The molecule has 1 heterocycles. The fraction of sp³-hybridized carbons (Fsp3) is 0.273. The van der Waals surface area contributed by atoms with Crippen LogP contribution in [-0.4, -0.2) is 33.9 Å². The summed E-state index contributed by atoms with van der Waals surface area (Å²) in [6.45, 7) is 4.10. The molecule has 0 saturated heterocycles. The molecule has 0 bridgehead atoms. The van der Waals surface area contributed by atoms with E-state index in [2.05, 4.69) is 9.97 Å². The lowest BCUT2D eigenvalue weighted by molar-refractivity contribution is 0.272. The molecule has 0 saturated carbocycles. The molecule has 0 aliphatic carbocycles. The molecule has 1 aromatic carbocycles. The number of fused-ring (bicyclic) bond motifs is 1. The standard InChI is InChI=1S/C11H13BN2O4/c1-3-17-10-5-9-8(13-6-7(2)14-9)4-11(10)18-12(15)16/h4-6,15-16H,3H2,1-2H3. The molecular weight excluding hydrogens is 235 g/mol. The van der Waals surface area contributed by atoms with Crippen LogP contribution in [0.3, 0.4) is 0 Å². The Morgan fingerprint density at radius 3 is 2.61 bits per heavy atom. The second-order valence-electron chi connectivity index (χ2n) is 3.68. The minimum absolute atomic E-state index is 0.220. The maximum absolute atomic E-state index is 8.86. The zero-order chi connectivity index (χ0) is 13.1. The van der Waals surface area contributed by atoms with Gasteiger partial charge in [0.05, 0.1) is 23.3 Å². The van der Waals surface area contributed by atoms with Crippen molar-refractivity contribution >= 4 is 18.4 Å². The number of hydrogen-bond donors (Lipinski definition) is 2. The highest BCUT2D eigenvalue weighted by molar-refractivity contribution is 6.33. The largest absolute Gasteiger partial charge is 0.707 e. The van der Waals surface area contributed by atoms with Crippen molar-refractivity contribution in [2.75, 3.05) is 6.61 Å². The van der Waals surface area contributed by atoms with Gasteiger partial charge < -0.3 is 19.4 Å². The van der Waals surface area contributed by atoms with Crippen molar-refractivity contribution < 1.29 is 19.4 Å². The Hall–Kier alpha value is -1.86. The van der Waals surface area contributed by atoms with Gasteiger partial charge in [-0.15, -0.1) is 0 Å². The topological polar surface area (TPSA) is 84.7 Å². The molecule has 0 unspecified atom stereocenters. The SMILES string of the molecule is CCOc1cc2nc(C)cnc2cc1OB(O)O. The minimum atomic E-state index is -1.90. The van der Waals surface area contributed by atoms with Gasteiger partial charge in [-0.1, -0.05) is 0 Å². The van der Waals surface area contributed by atoms with E-state index in [1.54, 1.807) is 18.3 Å². The van der Waals surface area contributed by atoms with Gasteiger partial charge in [-0.2, -0.15) is 0 Å². The second-order valence-corrected chi connectivity index (χ2v) is 3.68. The Balaban J connectivity index is 2.53. The summed E-state index contributed by atoms with van der Waals surface area (Å²) in [5.74, 6) is 0.621. The van der Waals surface area contributed by atoms with Crippen molar-refractivity contribution in [1.29, 1.82) is 0 Å². The lowest BCUT2D eigenvalue weighted by atomic mass is 10.2. The molecule has 0 spiro atoms. The molecule has 2 rings (SSSR count). The van der Waals surface area contributed by atoms with Gasteiger partial charge in [0.2, 0.25) is 0 Å². The summed E-state index contributed by atoms with van der Waals surface area (Å²) >= 11 is 0. The van der Waals surface area contributed by atoms with E-state index in [0.717, 1.165) is 5.69 Å². The predicted octanol–water partition coefficient (Wildman–Crippen LogP) is 0.685. The Kier molecular flexibility index (Phi) is 3.64. The second kappa shape index (κ2) is 5.20. The number of hydrogen-bond acceptors (Lipinski definition) is 6. The highest BCUT2D eigenvalue weighted by Gasteiger charge is 2.16. The summed E-state index contributed by atoms with van der Waals surface area (Å²) in [6, 6.07) is 3.22. The Morgan fingerprint density at radius 2 is 1.94 bits per heavy atom. The lowest BCUT2D eigenvalue weighted by Gasteiger charge is -2.12. The molecule has 18 heavy (non-hydrogen) atoms. The van der Waals surface area contributed by atoms with Gasteiger partial charge in [-0.3, -0.25) is 4.98 Å². The molecular formula is C11H13BN2O4. The van der Waals surface area contributed by atoms with E-state index in [4.69, 9.17) is 19.4 Å². The van der Waals surface area contributed by atoms with Gasteiger partial charge in [-0.25, -0.2) is 4.98 Å². The number of aryl methyl sites for hydroxylation is 1. The first-order valence-corrected chi connectivity index (χ1v) is 5.53. The van der Waals surface area contributed by atoms with E-state index in [9.17, 15) is 0 Å². The highest BCUT2D eigenvalue weighted by atomic mass is 16.6. The summed E-state index contributed by atoms with van der Waals surface area (Å²) in [5, 5.41) is 17.7. The number of ether oxygens (including phenoxy) is 1. The molecule has 1 aromatic heterocycles. The van der Waals surface area contributed by atoms with Crippen LogP contribution in [0.15, 0.2) is 18.3 Å². The Labute approximate surface area is 104 Å². The van der Waals surface area contributed by atoms with Crippen molar-refractivity contribution in [3.05, 3.63) is 24.0 Å². The van der Waals surface area contributed by atoms with Crippen LogP contribution < -0.4 is 9.39 Å². The first kappa shape index (κ1) is 12.6. The van der Waals surface area contributed by atoms with Gasteiger partial charge >= 0.3 is 7.32 Å². The van der Waals surface area contributed by atoms with Gasteiger partial charge in [-0.05, 0) is 13.8 Å². The quantitative estimate of drug-likeness (QED) is 0.774. The fourth-order valence-corrected chi connectivity index (χ4v) is 1.59. The van der Waals surface area contributed by atoms with Crippen molar-refractivity contribution in [3.63, 3.8) is 0 Å². The zero-order valence-corrected chi connectivity index (χ0v) is 10.1. The van der Waals surface area contributed by atoms with Crippen LogP contribution in [0, 0.1) is 6.92 Å². The molecule has 7 heteroatoms. The third-order valence-corrected chi connectivity index (χ3v) is 2.26. The average Bonchev–Trinajstić information content (AvgIpc) is 2.30. The van der Waals surface area contributed by atoms with Crippen LogP contribution in [0.1, 0.15) is 12.6 Å². The molecule has 0 aliphatic heterocycles. The molecule has 0 atom stereocenters. The van der Waals surface area contributed by atoms with E-state index in [1.165, 1.54) is 0 Å². The van der Waals surface area contributed by atoms with E-state index in [1.807, 2.05) is 13.8 Å². The molecule has 2 N–H and O–H groups in total. The summed E-state index contributed by atoms with van der Waals surface area (Å²) in [4.78, 5) is 8.50. The van der Waals surface area contributed by atoms with Crippen molar-refractivity contribution in [2.45, 2.75) is 13.8 Å². The molecule has 6 nitrogen and oxygen atoms in total. The molecule has 0 fully saturated rings. The first-order valence-electron chi connectivity index (χ1n) is 5.53. The van der Waals surface area contributed by atoms with Gasteiger partial charge in [0, 0.05) is 18.3 Å². The maximum atomic E-state index is 8.86. The third-order valence-electron chi connectivity index (χ3n) is 2.26. The van der Waals surface area contributed by atoms with Crippen LogP contribution in [-0.2, 0) is 0 Å². The minimum Gasteiger partial charge on any atom is -0.509 e. The van der Waals surface area contributed by atoms with E-state index in [0.29, 0.717) is 23.4 Å². The fourth-order valence-electron chi connectivity index (χ4n) is 1.59. The van der Waals surface area contributed by atoms with Crippen LogP contribution in [0.4, 0.5) is 0 Å². The van der Waals surface area contributed by atoms with E-state index in [-0.39, 0.29) is 5.75 Å². The Bertz CT molecular complexity index is 562. The van der Waals surface area contributed by atoms with E-state index >= 15 is 0 Å². The Morgan fingerprint density at radius 1 is 1.22 bits per heavy atom. The number of aromatic nitrogens is 2. The maximum Gasteiger partial charge on any atom is 0.707 e. The van der Waals surface area contributed by atoms with Crippen molar-refractivity contribution in [3.8, 4) is 11.5 Å². The van der Waals surface area contributed by atoms with Crippen molar-refractivity contribution in [2.24, 2.45) is 0 Å². The molecule has 94 valence electrons. The molecule has 0 radical (unpaired) electrons. The molecule has 0 aliphatic rings. The summed E-state index contributed by atoms with van der Waals surface area (Å²) < 4.78 is 10.2.